The summed E-state index contributed by atoms with van der Waals surface area (Å²) in [6.07, 6.45) is -4.87. The summed E-state index contributed by atoms with van der Waals surface area (Å²) in [7, 11) is 1.11. The molecule has 18 heteroatoms. The number of esters is 2. The smallest absolute Gasteiger partial charge is 0.410 e. The van der Waals surface area contributed by atoms with Crippen LogP contribution >= 0.6 is 0 Å². The molecule has 2 aromatic carbocycles. The van der Waals surface area contributed by atoms with E-state index in [-0.39, 0.29) is 55.2 Å². The molecule has 1 aromatic heterocycles. The molecule has 0 aliphatic carbocycles. The summed E-state index contributed by atoms with van der Waals surface area (Å²) in [5.41, 5.74) is -2.55. The first-order chi connectivity index (χ1) is 32.1. The number of cyclic esters (lactones) is 1. The van der Waals surface area contributed by atoms with E-state index >= 15 is 4.79 Å². The Morgan fingerprint density at radius 1 is 0.985 bits per heavy atom. The second kappa shape index (κ2) is 21.6. The Kier molecular flexibility index (Phi) is 16.8. The number of pyridine rings is 1. The maximum Gasteiger partial charge on any atom is 0.410 e. The summed E-state index contributed by atoms with van der Waals surface area (Å²) in [6.45, 7) is 13.4. The normalized spacial score (nSPS) is 34.2. The molecule has 17 nitrogen and oxygen atoms in total. The number of Topliss-reactive ketones (excluding diaryl/α,β-unsaturated/α-hetero) is 1. The maximum absolute atomic E-state index is 15.0. The SMILES string of the molecule is CC[C@H]1OC(=O)[C@H](C)[C@H](OC(=O)Cc2ccccn2)[C@@H](C)[C@@H](O[C@@H]2O[C@H](C)C[C@H](N(C)C)[C@H]2O)[C@](C)(OC)C[C@@H](C)C(=O)[C@H](C)[C@@H]2N(CCNS(=O)(=O)c3cccc4ccccc34)C(=O)O[C@@]21C. The van der Waals surface area contributed by atoms with Gasteiger partial charge in [0.1, 0.15) is 24.1 Å². The van der Waals surface area contributed by atoms with Crippen molar-refractivity contribution in [2.45, 2.75) is 146 Å². The molecule has 4 heterocycles. The lowest BCUT2D eigenvalue weighted by atomic mass is 9.73. The van der Waals surface area contributed by atoms with Crippen molar-refractivity contribution in [2.75, 3.05) is 34.3 Å². The van der Waals surface area contributed by atoms with Crippen molar-refractivity contribution >= 4 is 44.6 Å². The van der Waals surface area contributed by atoms with E-state index in [9.17, 15) is 27.9 Å². The number of nitrogens with zero attached hydrogens (tertiary/aromatic N) is 3. The van der Waals surface area contributed by atoms with E-state index in [1.807, 2.05) is 44.1 Å². The summed E-state index contributed by atoms with van der Waals surface area (Å²) in [4.78, 5) is 65.4. The van der Waals surface area contributed by atoms with Crippen LogP contribution in [0.5, 0.6) is 0 Å². The molecule has 0 bridgehead atoms. The second-order valence-corrected chi connectivity index (χ2v) is 21.2. The molecular weight excluding hydrogens is 897 g/mol. The number of ketones is 1. The molecule has 2 N–H and O–H groups in total. The third-order valence-electron chi connectivity index (χ3n) is 14.3. The third kappa shape index (κ3) is 11.1. The number of aliphatic hydroxyl groups excluding tert-OH is 1. The van der Waals surface area contributed by atoms with E-state index in [0.29, 0.717) is 17.5 Å². The topological polar surface area (TPSA) is 209 Å². The minimum Gasteiger partial charge on any atom is -0.461 e. The number of fused-ring (bicyclic) bond motifs is 2. The first kappa shape index (κ1) is 52.8. The van der Waals surface area contributed by atoms with Crippen molar-refractivity contribution in [3.63, 3.8) is 0 Å². The van der Waals surface area contributed by atoms with Gasteiger partial charge in [0.25, 0.3) is 0 Å². The van der Waals surface area contributed by atoms with Crippen LogP contribution in [0.25, 0.3) is 10.8 Å². The lowest BCUT2D eigenvalue weighted by Crippen LogP contribution is -2.61. The number of methoxy groups -OCH3 is 1. The molecule has 14 atom stereocenters. The van der Waals surface area contributed by atoms with Crippen molar-refractivity contribution < 1.29 is 61.1 Å². The van der Waals surface area contributed by atoms with Crippen LogP contribution in [0.4, 0.5) is 4.79 Å². The Morgan fingerprint density at radius 2 is 1.68 bits per heavy atom. The molecular formula is C50H70N4O13S. The van der Waals surface area contributed by atoms with E-state index in [0.717, 1.165) is 5.39 Å². The Bertz CT molecular complexity index is 2370. The Morgan fingerprint density at radius 3 is 2.34 bits per heavy atom. The summed E-state index contributed by atoms with van der Waals surface area (Å²) in [5, 5.41) is 13.0. The number of ether oxygens (including phenoxy) is 6. The number of amides is 1. The van der Waals surface area contributed by atoms with Crippen LogP contribution in [0.2, 0.25) is 0 Å². The molecule has 0 radical (unpaired) electrons. The number of hydrogen-bond acceptors (Lipinski definition) is 15. The first-order valence-corrected chi connectivity index (χ1v) is 25.1. The van der Waals surface area contributed by atoms with E-state index in [1.165, 1.54) is 18.1 Å². The Balaban J connectivity index is 1.39. The van der Waals surface area contributed by atoms with Gasteiger partial charge in [-0.25, -0.2) is 17.9 Å². The van der Waals surface area contributed by atoms with Crippen LogP contribution in [0.3, 0.4) is 0 Å². The van der Waals surface area contributed by atoms with Gasteiger partial charge in [-0.05, 0) is 84.6 Å². The van der Waals surface area contributed by atoms with Crippen molar-refractivity contribution in [1.82, 2.24) is 19.5 Å². The summed E-state index contributed by atoms with van der Waals surface area (Å²) < 4.78 is 68.5. The average molecular weight is 967 g/mol. The molecule has 3 aliphatic heterocycles. The van der Waals surface area contributed by atoms with Crippen LogP contribution in [0, 0.1) is 23.7 Å². The van der Waals surface area contributed by atoms with E-state index in [1.54, 1.807) is 91.1 Å². The van der Waals surface area contributed by atoms with Gasteiger partial charge in [-0.1, -0.05) is 70.2 Å². The molecule has 0 saturated carbocycles. The summed E-state index contributed by atoms with van der Waals surface area (Å²) in [5.74, 6) is -5.51. The predicted molar refractivity (Wildman–Crippen MR) is 252 cm³/mol. The Labute approximate surface area is 400 Å². The van der Waals surface area contributed by atoms with E-state index in [2.05, 4.69) is 9.71 Å². The highest BCUT2D eigenvalue weighted by atomic mass is 32.2. The monoisotopic (exact) mass is 966 g/mol. The van der Waals surface area contributed by atoms with Crippen molar-refractivity contribution in [3.05, 3.63) is 72.6 Å². The third-order valence-corrected chi connectivity index (χ3v) is 15.9. The standard InChI is InChI=1S/C50H70N4O13S/c1-12-39-50(8)44(54(48(59)67-50)25-24-52-68(60,61)38-22-17-19-34-18-13-14-21-36(34)38)31(4)41(56)29(2)28-49(7,62-11)45(66-47-42(57)37(53(9)10)26-30(3)63-47)32(5)43(33(6)46(58)64-39)65-40(55)27-35-20-15-16-23-51-35/h13-23,29-33,37,39,42-45,47,52,57H,12,24-28H2,1-11H3/t29-,30-,31+,32-,33-,37+,39-,42-,43-,44+,45-,47+,49-,50-/m1/s1. The van der Waals surface area contributed by atoms with Crippen molar-refractivity contribution in [1.29, 1.82) is 0 Å². The quantitative estimate of drug-likeness (QED) is 0.165. The highest BCUT2D eigenvalue weighted by Gasteiger charge is 2.60. The van der Waals surface area contributed by atoms with Gasteiger partial charge < -0.3 is 38.4 Å². The second-order valence-electron chi connectivity index (χ2n) is 19.4. The highest BCUT2D eigenvalue weighted by molar-refractivity contribution is 7.89. The predicted octanol–water partition coefficient (Wildman–Crippen LogP) is 5.30. The van der Waals surface area contributed by atoms with Crippen LogP contribution in [-0.2, 0) is 59.2 Å². The number of carbonyl (C=O) groups is 4. The van der Waals surface area contributed by atoms with Crippen molar-refractivity contribution in [3.8, 4) is 0 Å². The summed E-state index contributed by atoms with van der Waals surface area (Å²) in [6, 6.07) is 15.8. The van der Waals surface area contributed by atoms with Gasteiger partial charge in [-0.2, -0.15) is 0 Å². The van der Waals surface area contributed by atoms with E-state index in [4.69, 9.17) is 28.4 Å². The fourth-order valence-corrected chi connectivity index (χ4v) is 12.0. The molecule has 374 valence electrons. The van der Waals surface area contributed by atoms with Gasteiger partial charge >= 0.3 is 18.0 Å². The number of aromatic nitrogens is 1. The largest absolute Gasteiger partial charge is 0.461 e. The van der Waals surface area contributed by atoms with Gasteiger partial charge in [-0.15, -0.1) is 0 Å². The zero-order valence-corrected chi connectivity index (χ0v) is 41.9. The lowest BCUT2D eigenvalue weighted by Gasteiger charge is -2.48. The van der Waals surface area contributed by atoms with Crippen LogP contribution < -0.4 is 4.72 Å². The molecule has 3 fully saturated rings. The molecule has 3 aromatic rings. The van der Waals surface area contributed by atoms with E-state index < -0.39 is 99.7 Å². The van der Waals surface area contributed by atoms with Crippen LogP contribution in [0.1, 0.15) is 80.3 Å². The van der Waals surface area contributed by atoms with Crippen molar-refractivity contribution in [2.24, 2.45) is 23.7 Å². The molecule has 3 saturated heterocycles. The number of hydrogen-bond donors (Lipinski definition) is 2. The Hall–Kier alpha value is -4.56. The fraction of sp³-hybridized carbons (Fsp3) is 0.620. The number of likely N-dealkylation sites (N-methyl/N-ethyl adjacent to an activating group) is 1. The molecule has 6 rings (SSSR count). The zero-order valence-electron chi connectivity index (χ0n) is 41.1. The zero-order chi connectivity index (χ0) is 49.9. The number of sulfonamides is 1. The number of aliphatic hydroxyl groups is 1. The number of nitrogens with one attached hydrogen (secondary N) is 1. The molecule has 1 amide bonds. The molecule has 0 spiro atoms. The van der Waals surface area contributed by atoms with Gasteiger partial charge in [0, 0.05) is 55.6 Å². The first-order valence-electron chi connectivity index (χ1n) is 23.6. The fourth-order valence-electron chi connectivity index (χ4n) is 10.7. The van der Waals surface area contributed by atoms with Crippen LogP contribution in [-0.4, -0.2) is 147 Å². The lowest BCUT2D eigenvalue weighted by molar-refractivity contribution is -0.301. The van der Waals surface area contributed by atoms with Gasteiger partial charge in [0.05, 0.1) is 46.8 Å². The molecule has 68 heavy (non-hydrogen) atoms. The minimum absolute atomic E-state index is 0.0326. The summed E-state index contributed by atoms with van der Waals surface area (Å²) >= 11 is 0. The van der Waals surface area contributed by atoms with Gasteiger partial charge in [-0.3, -0.25) is 24.3 Å². The molecule has 0 unspecified atom stereocenters. The van der Waals surface area contributed by atoms with Gasteiger partial charge in [0.2, 0.25) is 10.0 Å². The van der Waals surface area contributed by atoms with Crippen LogP contribution in [0.15, 0.2) is 71.8 Å². The highest BCUT2D eigenvalue weighted by Crippen LogP contribution is 2.44. The minimum atomic E-state index is -4.08. The number of rotatable bonds is 13. The number of carbonyl (C=O) groups excluding carboxylic acids is 4. The van der Waals surface area contributed by atoms with Gasteiger partial charge in [0.15, 0.2) is 11.9 Å². The average Bonchev–Trinajstić information content (AvgIpc) is 3.56. The molecule has 3 aliphatic rings. The number of benzene rings is 2. The maximum atomic E-state index is 15.0.